The molecule has 0 bridgehead atoms. The van der Waals surface area contributed by atoms with Gasteiger partial charge in [-0.15, -0.1) is 0 Å². The maximum Gasteiger partial charge on any atom is 0.0476 e. The van der Waals surface area contributed by atoms with E-state index in [2.05, 4.69) is 26.1 Å². The average Bonchev–Trinajstić information content (AvgIpc) is 1.97. The molecule has 0 radical (unpaired) electrons. The number of hydrogen-bond donors (Lipinski definition) is 1. The Morgan fingerprint density at radius 1 is 1.33 bits per heavy atom. The van der Waals surface area contributed by atoms with E-state index in [1.54, 1.807) is 0 Å². The first-order valence-corrected chi connectivity index (χ1v) is 5.92. The molecule has 0 aromatic heterocycles. The van der Waals surface area contributed by atoms with Gasteiger partial charge in [-0.3, -0.25) is 0 Å². The summed E-state index contributed by atoms with van der Waals surface area (Å²) in [6, 6.07) is 3.78. The molecule has 0 saturated carbocycles. The van der Waals surface area contributed by atoms with E-state index < -0.39 is 0 Å². The zero-order valence-electron chi connectivity index (χ0n) is 9.20. The second-order valence-electron chi connectivity index (χ2n) is 4.96. The number of hydrogen-bond acceptors (Lipinski definition) is 1. The average molecular weight is 244 g/mol. The number of fused-ring (bicyclic) bond motifs is 1. The van der Waals surface area contributed by atoms with Crippen LogP contribution < -0.4 is 5.32 Å². The molecule has 2 rings (SSSR count). The highest BCUT2D eigenvalue weighted by Crippen LogP contribution is 2.43. The zero-order valence-corrected chi connectivity index (χ0v) is 10.7. The first-order chi connectivity index (χ1) is 6.89. The van der Waals surface area contributed by atoms with Crippen LogP contribution in [0.3, 0.4) is 0 Å². The monoisotopic (exact) mass is 243 g/mol. The molecule has 1 N–H and O–H groups in total. The summed E-state index contributed by atoms with van der Waals surface area (Å²) in [6.07, 6.45) is 1.08. The topological polar surface area (TPSA) is 12.0 Å². The third-order valence-corrected chi connectivity index (χ3v) is 3.41. The van der Waals surface area contributed by atoms with Gasteiger partial charge >= 0.3 is 0 Å². The van der Waals surface area contributed by atoms with Crippen LogP contribution in [0.5, 0.6) is 0 Å². The van der Waals surface area contributed by atoms with Gasteiger partial charge in [0.1, 0.15) is 0 Å². The number of benzene rings is 1. The minimum absolute atomic E-state index is 0.112. The highest BCUT2D eigenvalue weighted by molar-refractivity contribution is 6.35. The molecule has 1 unspecified atom stereocenters. The summed E-state index contributed by atoms with van der Waals surface area (Å²) >= 11 is 12.2. The summed E-state index contributed by atoms with van der Waals surface area (Å²) in [5, 5.41) is 4.94. The van der Waals surface area contributed by atoms with E-state index in [1.165, 1.54) is 5.56 Å². The maximum absolute atomic E-state index is 6.21. The first-order valence-electron chi connectivity index (χ1n) is 5.16. The Morgan fingerprint density at radius 3 is 2.67 bits per heavy atom. The van der Waals surface area contributed by atoms with Gasteiger partial charge < -0.3 is 5.32 Å². The van der Waals surface area contributed by atoms with Crippen molar-refractivity contribution in [2.45, 2.75) is 38.6 Å². The van der Waals surface area contributed by atoms with Crippen molar-refractivity contribution >= 4 is 28.9 Å². The Hall–Kier alpha value is -0.400. The van der Waals surface area contributed by atoms with Gasteiger partial charge in [0, 0.05) is 21.3 Å². The maximum atomic E-state index is 6.21. The summed E-state index contributed by atoms with van der Waals surface area (Å²) < 4.78 is 0. The van der Waals surface area contributed by atoms with Gasteiger partial charge in [-0.05, 0) is 43.9 Å². The Labute approximate surface area is 101 Å². The van der Waals surface area contributed by atoms with E-state index >= 15 is 0 Å². The molecule has 1 aliphatic heterocycles. The summed E-state index contributed by atoms with van der Waals surface area (Å²) in [6.45, 7) is 6.60. The lowest BCUT2D eigenvalue weighted by Gasteiger charge is -2.38. The fourth-order valence-corrected chi connectivity index (χ4v) is 3.15. The van der Waals surface area contributed by atoms with Crippen molar-refractivity contribution in [3.05, 3.63) is 27.7 Å². The predicted molar refractivity (Wildman–Crippen MR) is 67.2 cm³/mol. The van der Waals surface area contributed by atoms with Crippen molar-refractivity contribution in [3.63, 3.8) is 0 Å². The number of nitrogens with one attached hydrogen (secondary N) is 1. The number of rotatable bonds is 0. The Kier molecular flexibility index (Phi) is 2.64. The second kappa shape index (κ2) is 3.57. The quantitative estimate of drug-likeness (QED) is 0.698. The smallest absolute Gasteiger partial charge is 0.0476 e. The van der Waals surface area contributed by atoms with E-state index in [1.807, 2.05) is 12.1 Å². The molecule has 0 spiro atoms. The summed E-state index contributed by atoms with van der Waals surface area (Å²) in [4.78, 5) is 0. The van der Waals surface area contributed by atoms with Crippen LogP contribution in [0.2, 0.25) is 10.0 Å². The highest BCUT2D eigenvalue weighted by atomic mass is 35.5. The van der Waals surface area contributed by atoms with Gasteiger partial charge in [0.2, 0.25) is 0 Å². The van der Waals surface area contributed by atoms with Crippen LogP contribution in [-0.2, 0) is 0 Å². The molecule has 1 nitrogen and oxygen atoms in total. The van der Waals surface area contributed by atoms with Crippen molar-refractivity contribution in [1.29, 1.82) is 0 Å². The Balaban J connectivity index is 2.55. The summed E-state index contributed by atoms with van der Waals surface area (Å²) in [5.41, 5.74) is 2.39. The molecule has 0 saturated heterocycles. The standard InChI is InChI=1S/C12H15Cl2N/c1-7-6-12(2,3)15-10-5-8(13)4-9(14)11(7)10/h4-5,7,15H,6H2,1-3H3. The van der Waals surface area contributed by atoms with Gasteiger partial charge in [0.25, 0.3) is 0 Å². The van der Waals surface area contributed by atoms with E-state index in [0.29, 0.717) is 10.9 Å². The van der Waals surface area contributed by atoms with Crippen molar-refractivity contribution < 1.29 is 0 Å². The third kappa shape index (κ3) is 2.09. The van der Waals surface area contributed by atoms with E-state index in [9.17, 15) is 0 Å². The van der Waals surface area contributed by atoms with Crippen LogP contribution in [0.1, 0.15) is 38.7 Å². The van der Waals surface area contributed by atoms with Gasteiger partial charge in [0.15, 0.2) is 0 Å². The fourth-order valence-electron chi connectivity index (χ4n) is 2.47. The van der Waals surface area contributed by atoms with Crippen LogP contribution in [0, 0.1) is 0 Å². The number of halogens is 2. The van der Waals surface area contributed by atoms with Gasteiger partial charge in [-0.1, -0.05) is 30.1 Å². The molecule has 1 heterocycles. The molecule has 82 valence electrons. The number of anilines is 1. The minimum Gasteiger partial charge on any atom is -0.380 e. The van der Waals surface area contributed by atoms with Crippen molar-refractivity contribution in [2.75, 3.05) is 5.32 Å². The molecule has 1 atom stereocenters. The normalized spacial score (nSPS) is 23.1. The van der Waals surface area contributed by atoms with Crippen LogP contribution in [0.25, 0.3) is 0 Å². The van der Waals surface area contributed by atoms with Crippen LogP contribution in [-0.4, -0.2) is 5.54 Å². The molecule has 0 amide bonds. The van der Waals surface area contributed by atoms with Crippen LogP contribution >= 0.6 is 23.2 Å². The molecule has 1 aromatic carbocycles. The Bertz CT molecular complexity index is 399. The SMILES string of the molecule is CC1CC(C)(C)Nc2cc(Cl)cc(Cl)c21. The van der Waals surface area contributed by atoms with E-state index in [-0.39, 0.29) is 5.54 Å². The van der Waals surface area contributed by atoms with Crippen molar-refractivity contribution in [3.8, 4) is 0 Å². The van der Waals surface area contributed by atoms with Crippen molar-refractivity contribution in [1.82, 2.24) is 0 Å². The Morgan fingerprint density at radius 2 is 2.00 bits per heavy atom. The minimum atomic E-state index is 0.112. The highest BCUT2D eigenvalue weighted by Gasteiger charge is 2.30. The largest absolute Gasteiger partial charge is 0.380 e. The van der Waals surface area contributed by atoms with Gasteiger partial charge in [-0.25, -0.2) is 0 Å². The van der Waals surface area contributed by atoms with Crippen LogP contribution in [0.4, 0.5) is 5.69 Å². The second-order valence-corrected chi connectivity index (χ2v) is 5.81. The molecule has 1 aromatic rings. The predicted octanol–water partition coefficient (Wildman–Crippen LogP) is 4.69. The summed E-state index contributed by atoms with van der Waals surface area (Å²) in [5.74, 6) is 0.473. The first kappa shape index (κ1) is 11.1. The lowest BCUT2D eigenvalue weighted by atomic mass is 9.82. The van der Waals surface area contributed by atoms with Gasteiger partial charge in [0.05, 0.1) is 0 Å². The lowest BCUT2D eigenvalue weighted by Crippen LogP contribution is -2.36. The van der Waals surface area contributed by atoms with E-state index in [0.717, 1.165) is 17.1 Å². The van der Waals surface area contributed by atoms with E-state index in [4.69, 9.17) is 23.2 Å². The molecule has 1 aliphatic rings. The third-order valence-electron chi connectivity index (χ3n) is 2.88. The summed E-state index contributed by atoms with van der Waals surface area (Å²) in [7, 11) is 0. The fraction of sp³-hybridized carbons (Fsp3) is 0.500. The molecular formula is C12H15Cl2N. The molecular weight excluding hydrogens is 229 g/mol. The zero-order chi connectivity index (χ0) is 11.2. The lowest BCUT2D eigenvalue weighted by molar-refractivity contribution is 0.454. The van der Waals surface area contributed by atoms with Gasteiger partial charge in [-0.2, -0.15) is 0 Å². The van der Waals surface area contributed by atoms with Crippen molar-refractivity contribution in [2.24, 2.45) is 0 Å². The molecule has 3 heteroatoms. The molecule has 15 heavy (non-hydrogen) atoms. The molecule has 0 fully saturated rings. The van der Waals surface area contributed by atoms with Crippen LogP contribution in [0.15, 0.2) is 12.1 Å². The molecule has 0 aliphatic carbocycles.